The Labute approximate surface area is 155 Å². The highest BCUT2D eigenvalue weighted by molar-refractivity contribution is 7.26. The first kappa shape index (κ1) is 15.2. The van der Waals surface area contributed by atoms with Gasteiger partial charge in [-0.15, -0.1) is 11.3 Å². The lowest BCUT2D eigenvalue weighted by molar-refractivity contribution is 1.24. The molecule has 0 aliphatic carbocycles. The number of benzene rings is 3. The number of aryl methyl sites for hydroxylation is 1. The molecule has 0 saturated carbocycles. The zero-order chi connectivity index (χ0) is 17.5. The maximum Gasteiger partial charge on any atom is 0.160 e. The molecular formula is C23H16N2S. The fourth-order valence-corrected chi connectivity index (χ4v) is 4.53. The van der Waals surface area contributed by atoms with Gasteiger partial charge in [0.15, 0.2) is 5.82 Å². The minimum atomic E-state index is 0.776. The molecule has 2 aromatic heterocycles. The van der Waals surface area contributed by atoms with Crippen molar-refractivity contribution in [3.05, 3.63) is 84.4 Å². The summed E-state index contributed by atoms with van der Waals surface area (Å²) in [5.74, 6) is 0.776. The van der Waals surface area contributed by atoms with Crippen LogP contribution in [0.1, 0.15) is 5.56 Å². The van der Waals surface area contributed by atoms with Gasteiger partial charge in [-0.3, -0.25) is 0 Å². The van der Waals surface area contributed by atoms with E-state index in [1.807, 2.05) is 24.3 Å². The Morgan fingerprint density at radius 1 is 0.654 bits per heavy atom. The van der Waals surface area contributed by atoms with Gasteiger partial charge in [-0.25, -0.2) is 9.97 Å². The molecule has 2 nitrogen and oxygen atoms in total. The predicted molar refractivity (Wildman–Crippen MR) is 111 cm³/mol. The van der Waals surface area contributed by atoms with Gasteiger partial charge in [0.25, 0.3) is 0 Å². The highest BCUT2D eigenvalue weighted by Gasteiger charge is 2.16. The van der Waals surface area contributed by atoms with E-state index in [0.29, 0.717) is 0 Å². The molecule has 0 aliphatic heterocycles. The molecule has 5 rings (SSSR count). The number of rotatable bonds is 2. The molecule has 0 amide bonds. The fourth-order valence-electron chi connectivity index (χ4n) is 3.31. The Morgan fingerprint density at radius 3 is 2.08 bits per heavy atom. The summed E-state index contributed by atoms with van der Waals surface area (Å²) in [5, 5.41) is 1.21. The predicted octanol–water partition coefficient (Wildman–Crippen LogP) is 6.49. The van der Waals surface area contributed by atoms with Gasteiger partial charge in [0.05, 0.1) is 15.9 Å². The molecule has 0 fully saturated rings. The molecule has 0 spiro atoms. The monoisotopic (exact) mass is 352 g/mol. The second-order valence-electron chi connectivity index (χ2n) is 6.36. The lowest BCUT2D eigenvalue weighted by atomic mass is 10.1. The van der Waals surface area contributed by atoms with Crippen LogP contribution in [0.15, 0.2) is 78.9 Å². The van der Waals surface area contributed by atoms with Gasteiger partial charge in [0.2, 0.25) is 0 Å². The number of fused-ring (bicyclic) bond motifs is 3. The van der Waals surface area contributed by atoms with Crippen LogP contribution in [0.25, 0.3) is 42.9 Å². The lowest BCUT2D eigenvalue weighted by Gasteiger charge is -2.06. The van der Waals surface area contributed by atoms with Gasteiger partial charge in [-0.05, 0) is 12.5 Å². The first-order valence-electron chi connectivity index (χ1n) is 8.62. The van der Waals surface area contributed by atoms with Crippen LogP contribution in [0.5, 0.6) is 0 Å². The Morgan fingerprint density at radius 2 is 1.35 bits per heavy atom. The van der Waals surface area contributed by atoms with Crippen LogP contribution >= 0.6 is 11.3 Å². The molecule has 124 valence electrons. The highest BCUT2D eigenvalue weighted by atomic mass is 32.1. The third kappa shape index (κ3) is 2.40. The number of thiophene rings is 1. The maximum atomic E-state index is 4.97. The van der Waals surface area contributed by atoms with E-state index in [1.54, 1.807) is 11.3 Å². The topological polar surface area (TPSA) is 25.8 Å². The molecule has 5 aromatic rings. The minimum Gasteiger partial charge on any atom is -0.226 e. The Kier molecular flexibility index (Phi) is 3.54. The summed E-state index contributed by atoms with van der Waals surface area (Å²) in [4.78, 5) is 9.93. The normalized spacial score (nSPS) is 11.3. The van der Waals surface area contributed by atoms with E-state index in [1.165, 1.54) is 15.6 Å². The molecule has 3 aromatic carbocycles. The van der Waals surface area contributed by atoms with E-state index in [4.69, 9.17) is 9.97 Å². The molecule has 2 heterocycles. The van der Waals surface area contributed by atoms with Gasteiger partial charge in [0.1, 0.15) is 0 Å². The summed E-state index contributed by atoms with van der Waals surface area (Å²) >= 11 is 1.79. The van der Waals surface area contributed by atoms with Crippen molar-refractivity contribution in [2.24, 2.45) is 0 Å². The highest BCUT2D eigenvalue weighted by Crippen LogP contribution is 2.40. The van der Waals surface area contributed by atoms with Gasteiger partial charge >= 0.3 is 0 Å². The third-order valence-corrected chi connectivity index (χ3v) is 5.95. The second-order valence-corrected chi connectivity index (χ2v) is 7.38. The summed E-state index contributed by atoms with van der Waals surface area (Å²) in [5.41, 5.74) is 5.50. The van der Waals surface area contributed by atoms with E-state index in [-0.39, 0.29) is 0 Å². The summed E-state index contributed by atoms with van der Waals surface area (Å²) in [7, 11) is 0. The SMILES string of the molecule is Cc1cccc2c1sc1c(-c3ccccc3)nc(-c3ccccc3)nc12. The zero-order valence-corrected chi connectivity index (χ0v) is 15.1. The van der Waals surface area contributed by atoms with Crippen LogP contribution in [0.3, 0.4) is 0 Å². The van der Waals surface area contributed by atoms with Crippen molar-refractivity contribution in [1.82, 2.24) is 9.97 Å². The van der Waals surface area contributed by atoms with E-state index in [2.05, 4.69) is 61.5 Å². The van der Waals surface area contributed by atoms with E-state index in [9.17, 15) is 0 Å². The van der Waals surface area contributed by atoms with Crippen LogP contribution in [0.2, 0.25) is 0 Å². The minimum absolute atomic E-state index is 0.776. The second kappa shape index (κ2) is 6.04. The number of aromatic nitrogens is 2. The van der Waals surface area contributed by atoms with E-state index >= 15 is 0 Å². The van der Waals surface area contributed by atoms with Crippen molar-refractivity contribution >= 4 is 31.6 Å². The van der Waals surface area contributed by atoms with Crippen LogP contribution < -0.4 is 0 Å². The fraction of sp³-hybridized carbons (Fsp3) is 0.0435. The van der Waals surface area contributed by atoms with E-state index in [0.717, 1.165) is 32.9 Å². The standard InChI is InChI=1S/C23H16N2S/c1-15-9-8-14-18-20-22(26-21(15)18)19(16-10-4-2-5-11-16)24-23(25-20)17-12-6-3-7-13-17/h2-14H,1H3. The molecule has 0 bridgehead atoms. The molecule has 0 aliphatic rings. The summed E-state index contributed by atoms with van der Waals surface area (Å²) in [6, 6.07) is 27.0. The average Bonchev–Trinajstić information content (AvgIpc) is 3.09. The van der Waals surface area contributed by atoms with Crippen molar-refractivity contribution in [1.29, 1.82) is 0 Å². The number of nitrogens with zero attached hydrogens (tertiary/aromatic N) is 2. The van der Waals surface area contributed by atoms with Crippen molar-refractivity contribution < 1.29 is 0 Å². The van der Waals surface area contributed by atoms with Crippen LogP contribution in [-0.4, -0.2) is 9.97 Å². The molecular weight excluding hydrogens is 336 g/mol. The summed E-state index contributed by atoms with van der Waals surface area (Å²) in [6.45, 7) is 2.16. The molecule has 0 atom stereocenters. The number of hydrogen-bond acceptors (Lipinski definition) is 3. The Balaban J connectivity index is 1.92. The summed E-state index contributed by atoms with van der Waals surface area (Å²) < 4.78 is 2.44. The first-order chi connectivity index (χ1) is 12.8. The zero-order valence-electron chi connectivity index (χ0n) is 14.3. The first-order valence-corrected chi connectivity index (χ1v) is 9.43. The van der Waals surface area contributed by atoms with Crippen molar-refractivity contribution in [3.8, 4) is 22.6 Å². The molecule has 0 saturated heterocycles. The van der Waals surface area contributed by atoms with Crippen LogP contribution in [0, 0.1) is 6.92 Å². The van der Waals surface area contributed by atoms with Gasteiger partial charge in [0, 0.05) is 21.2 Å². The van der Waals surface area contributed by atoms with Crippen molar-refractivity contribution in [2.45, 2.75) is 6.92 Å². The maximum absolute atomic E-state index is 4.97. The van der Waals surface area contributed by atoms with Gasteiger partial charge in [-0.2, -0.15) is 0 Å². The smallest absolute Gasteiger partial charge is 0.160 e. The molecule has 0 radical (unpaired) electrons. The number of hydrogen-bond donors (Lipinski definition) is 0. The molecule has 0 unspecified atom stereocenters. The third-order valence-electron chi connectivity index (χ3n) is 4.62. The summed E-state index contributed by atoms with van der Waals surface area (Å²) in [6.07, 6.45) is 0. The Bertz CT molecular complexity index is 1230. The van der Waals surface area contributed by atoms with Crippen LogP contribution in [-0.2, 0) is 0 Å². The van der Waals surface area contributed by atoms with Crippen molar-refractivity contribution in [3.63, 3.8) is 0 Å². The van der Waals surface area contributed by atoms with E-state index < -0.39 is 0 Å². The largest absolute Gasteiger partial charge is 0.226 e. The van der Waals surface area contributed by atoms with Gasteiger partial charge in [-0.1, -0.05) is 78.9 Å². The molecule has 26 heavy (non-hydrogen) atoms. The van der Waals surface area contributed by atoms with Gasteiger partial charge < -0.3 is 0 Å². The van der Waals surface area contributed by atoms with Crippen molar-refractivity contribution in [2.75, 3.05) is 0 Å². The molecule has 3 heteroatoms. The Hall–Kier alpha value is -3.04. The van der Waals surface area contributed by atoms with Crippen LogP contribution in [0.4, 0.5) is 0 Å². The quantitative estimate of drug-likeness (QED) is 0.363. The lowest BCUT2D eigenvalue weighted by Crippen LogP contribution is -1.93. The average molecular weight is 352 g/mol. The molecule has 0 N–H and O–H groups in total.